The lowest BCUT2D eigenvalue weighted by Crippen LogP contribution is -2.35. The third kappa shape index (κ3) is 4.04. The zero-order valence-corrected chi connectivity index (χ0v) is 18.0. The van der Waals surface area contributed by atoms with E-state index in [2.05, 4.69) is 15.5 Å². The molecule has 7 nitrogen and oxygen atoms in total. The van der Waals surface area contributed by atoms with Crippen LogP contribution in [0.2, 0.25) is 5.02 Å². The molecule has 2 aromatic heterocycles. The summed E-state index contributed by atoms with van der Waals surface area (Å²) in [6.07, 6.45) is -1.30. The van der Waals surface area contributed by atoms with Crippen LogP contribution in [-0.4, -0.2) is 32.4 Å². The van der Waals surface area contributed by atoms with E-state index in [9.17, 15) is 18.0 Å². The van der Waals surface area contributed by atoms with E-state index in [1.807, 2.05) is 0 Å². The van der Waals surface area contributed by atoms with Crippen molar-refractivity contribution in [2.24, 2.45) is 0 Å². The van der Waals surface area contributed by atoms with Crippen molar-refractivity contribution in [3.8, 4) is 11.5 Å². The SMILES string of the molecule is O=c1n(Cc2ccc(-c3nnc(C(F)F)o3)cc2F)c2ccc(Cl)cc2n1C1CCNCC1. The second-order valence-corrected chi connectivity index (χ2v) is 8.34. The number of alkyl halides is 2. The van der Waals surface area contributed by atoms with Crippen LogP contribution < -0.4 is 11.0 Å². The first-order valence-electron chi connectivity index (χ1n) is 10.4. The van der Waals surface area contributed by atoms with Crippen molar-refractivity contribution in [3.63, 3.8) is 0 Å². The molecule has 0 atom stereocenters. The molecule has 33 heavy (non-hydrogen) atoms. The highest BCUT2D eigenvalue weighted by molar-refractivity contribution is 6.31. The van der Waals surface area contributed by atoms with E-state index in [-0.39, 0.29) is 35.3 Å². The Morgan fingerprint density at radius 1 is 1.12 bits per heavy atom. The predicted octanol–water partition coefficient (Wildman–Crippen LogP) is 4.56. The standard InChI is InChI=1S/C22H19ClF3N5O2/c23-14-3-4-17-18(10-14)31(15-5-7-27-8-6-15)22(32)30(17)11-13-2-1-12(9-16(13)24)20-28-29-21(33-20)19(25)26/h1-4,9-10,15,19,27H,5-8,11H2. The van der Waals surface area contributed by atoms with Crippen LogP contribution in [0.5, 0.6) is 0 Å². The molecule has 172 valence electrons. The molecule has 0 radical (unpaired) electrons. The van der Waals surface area contributed by atoms with E-state index in [0.29, 0.717) is 16.1 Å². The zero-order valence-electron chi connectivity index (χ0n) is 17.3. The molecule has 0 unspecified atom stereocenters. The van der Waals surface area contributed by atoms with Gasteiger partial charge in [-0.2, -0.15) is 8.78 Å². The maximum atomic E-state index is 15.0. The maximum absolute atomic E-state index is 15.0. The maximum Gasteiger partial charge on any atom is 0.329 e. The fourth-order valence-electron chi connectivity index (χ4n) is 4.24. The van der Waals surface area contributed by atoms with Gasteiger partial charge >= 0.3 is 12.1 Å². The van der Waals surface area contributed by atoms with E-state index in [0.717, 1.165) is 32.0 Å². The topological polar surface area (TPSA) is 77.9 Å². The minimum Gasteiger partial charge on any atom is -0.415 e. The molecule has 0 amide bonds. The first kappa shape index (κ1) is 21.7. The Hall–Kier alpha value is -3.11. The number of benzene rings is 2. The van der Waals surface area contributed by atoms with Crippen molar-refractivity contribution >= 4 is 22.6 Å². The van der Waals surface area contributed by atoms with Crippen molar-refractivity contribution in [3.05, 3.63) is 69.2 Å². The highest BCUT2D eigenvalue weighted by Crippen LogP contribution is 2.28. The Kier molecular flexibility index (Phi) is 5.71. The van der Waals surface area contributed by atoms with Gasteiger partial charge < -0.3 is 9.73 Å². The lowest BCUT2D eigenvalue weighted by molar-refractivity contribution is 0.116. The van der Waals surface area contributed by atoms with Gasteiger partial charge in [-0.15, -0.1) is 10.2 Å². The summed E-state index contributed by atoms with van der Waals surface area (Å²) in [5.74, 6) is -1.65. The largest absolute Gasteiger partial charge is 0.415 e. The van der Waals surface area contributed by atoms with Crippen molar-refractivity contribution in [2.75, 3.05) is 13.1 Å². The van der Waals surface area contributed by atoms with Crippen LogP contribution >= 0.6 is 11.6 Å². The summed E-state index contributed by atoms with van der Waals surface area (Å²) in [7, 11) is 0. The molecule has 1 aliphatic heterocycles. The van der Waals surface area contributed by atoms with E-state index in [4.69, 9.17) is 16.0 Å². The molecule has 0 aliphatic carbocycles. The van der Waals surface area contributed by atoms with Crippen LogP contribution in [0.15, 0.2) is 45.6 Å². The minimum absolute atomic E-state index is 0.00678. The van der Waals surface area contributed by atoms with Crippen LogP contribution in [0.3, 0.4) is 0 Å². The Labute approximate surface area is 190 Å². The van der Waals surface area contributed by atoms with Crippen LogP contribution in [-0.2, 0) is 6.54 Å². The average molecular weight is 478 g/mol. The fraction of sp³-hybridized carbons (Fsp3) is 0.318. The van der Waals surface area contributed by atoms with E-state index >= 15 is 0 Å². The predicted molar refractivity (Wildman–Crippen MR) is 116 cm³/mol. The summed E-state index contributed by atoms with van der Waals surface area (Å²) in [4.78, 5) is 13.4. The number of hydrogen-bond donors (Lipinski definition) is 1. The summed E-state index contributed by atoms with van der Waals surface area (Å²) in [5, 5.41) is 10.6. The molecule has 2 aromatic carbocycles. The fourth-order valence-corrected chi connectivity index (χ4v) is 4.41. The quantitative estimate of drug-likeness (QED) is 0.456. The highest BCUT2D eigenvalue weighted by atomic mass is 35.5. The van der Waals surface area contributed by atoms with Gasteiger partial charge in [0, 0.05) is 22.2 Å². The number of aromatic nitrogens is 4. The van der Waals surface area contributed by atoms with Gasteiger partial charge in [-0.05, 0) is 56.3 Å². The first-order valence-corrected chi connectivity index (χ1v) is 10.8. The summed E-state index contributed by atoms with van der Waals surface area (Å²) in [5.41, 5.74) is 1.56. The van der Waals surface area contributed by atoms with Crippen molar-refractivity contribution < 1.29 is 17.6 Å². The van der Waals surface area contributed by atoms with Crippen molar-refractivity contribution in [1.29, 1.82) is 0 Å². The third-order valence-electron chi connectivity index (χ3n) is 5.85. The first-order chi connectivity index (χ1) is 15.9. The Morgan fingerprint density at radius 3 is 2.61 bits per heavy atom. The molecular weight excluding hydrogens is 459 g/mol. The van der Waals surface area contributed by atoms with Crippen LogP contribution in [0.4, 0.5) is 13.2 Å². The minimum atomic E-state index is -2.91. The molecule has 0 saturated carbocycles. The van der Waals surface area contributed by atoms with Gasteiger partial charge in [0.2, 0.25) is 5.89 Å². The monoisotopic (exact) mass is 477 g/mol. The average Bonchev–Trinajstić information content (AvgIpc) is 3.39. The number of imidazole rings is 1. The number of piperidine rings is 1. The van der Waals surface area contributed by atoms with E-state index in [1.54, 1.807) is 22.8 Å². The molecule has 1 N–H and O–H groups in total. The zero-order chi connectivity index (χ0) is 23.1. The number of halogens is 4. The lowest BCUT2D eigenvalue weighted by atomic mass is 10.1. The molecule has 1 fully saturated rings. The summed E-state index contributed by atoms with van der Waals surface area (Å²) >= 11 is 6.21. The number of nitrogens with one attached hydrogen (secondary N) is 1. The second-order valence-electron chi connectivity index (χ2n) is 7.91. The van der Waals surface area contributed by atoms with Gasteiger partial charge in [0.25, 0.3) is 5.89 Å². The summed E-state index contributed by atoms with van der Waals surface area (Å²) < 4.78 is 48.5. The molecule has 4 aromatic rings. The van der Waals surface area contributed by atoms with Gasteiger partial charge in [-0.1, -0.05) is 17.7 Å². The number of hydrogen-bond acceptors (Lipinski definition) is 5. The molecule has 1 saturated heterocycles. The molecule has 5 rings (SSSR count). The normalized spacial score (nSPS) is 15.1. The Balaban J connectivity index is 1.52. The Bertz CT molecular complexity index is 1370. The van der Waals surface area contributed by atoms with Gasteiger partial charge in [0.15, 0.2) is 0 Å². The summed E-state index contributed by atoms with van der Waals surface area (Å²) in [6.45, 7) is 1.61. The Morgan fingerprint density at radius 2 is 1.91 bits per heavy atom. The second kappa shape index (κ2) is 8.68. The molecule has 11 heteroatoms. The highest BCUT2D eigenvalue weighted by Gasteiger charge is 2.23. The van der Waals surface area contributed by atoms with Crippen molar-refractivity contribution in [1.82, 2.24) is 24.6 Å². The molecule has 3 heterocycles. The molecular formula is C22H19ClF3N5O2. The molecule has 0 spiro atoms. The van der Waals surface area contributed by atoms with E-state index < -0.39 is 18.1 Å². The van der Waals surface area contributed by atoms with E-state index in [1.165, 1.54) is 16.7 Å². The van der Waals surface area contributed by atoms with Crippen LogP contribution in [0.25, 0.3) is 22.5 Å². The van der Waals surface area contributed by atoms with Gasteiger partial charge in [0.05, 0.1) is 17.6 Å². The molecule has 1 aliphatic rings. The van der Waals surface area contributed by atoms with Crippen LogP contribution in [0.1, 0.15) is 36.8 Å². The number of rotatable bonds is 5. The lowest BCUT2D eigenvalue weighted by Gasteiger charge is -2.23. The van der Waals surface area contributed by atoms with Crippen molar-refractivity contribution in [2.45, 2.75) is 31.9 Å². The third-order valence-corrected chi connectivity index (χ3v) is 6.09. The smallest absolute Gasteiger partial charge is 0.329 e. The number of fused-ring (bicyclic) bond motifs is 1. The van der Waals surface area contributed by atoms with Crippen LogP contribution in [0, 0.1) is 5.82 Å². The number of nitrogens with zero attached hydrogens (tertiary/aromatic N) is 4. The summed E-state index contributed by atoms with van der Waals surface area (Å²) in [6, 6.07) is 9.34. The van der Waals surface area contributed by atoms with Gasteiger partial charge in [0.1, 0.15) is 5.82 Å². The van der Waals surface area contributed by atoms with Gasteiger partial charge in [-0.3, -0.25) is 9.13 Å². The van der Waals surface area contributed by atoms with Gasteiger partial charge in [-0.25, -0.2) is 9.18 Å². The molecule has 0 bridgehead atoms.